The first kappa shape index (κ1) is 15.5. The molecule has 0 bridgehead atoms. The van der Waals surface area contributed by atoms with Crippen LogP contribution in [-0.2, 0) is 9.84 Å². The van der Waals surface area contributed by atoms with Crippen LogP contribution in [0.5, 0.6) is 17.2 Å². The molecule has 1 atom stereocenters. The molecule has 4 nitrogen and oxygen atoms in total. The highest BCUT2D eigenvalue weighted by Gasteiger charge is 2.39. The van der Waals surface area contributed by atoms with Crippen LogP contribution in [-0.4, -0.2) is 21.3 Å². The summed E-state index contributed by atoms with van der Waals surface area (Å²) in [5, 5.41) is 0. The fourth-order valence-electron chi connectivity index (χ4n) is 3.49. The van der Waals surface area contributed by atoms with Crippen molar-refractivity contribution in [1.82, 2.24) is 0 Å². The Hall–Kier alpha value is -2.01. The van der Waals surface area contributed by atoms with E-state index in [-0.39, 0.29) is 5.75 Å². The highest BCUT2D eigenvalue weighted by atomic mass is 32.2. The van der Waals surface area contributed by atoms with E-state index in [0.717, 1.165) is 12.0 Å². The summed E-state index contributed by atoms with van der Waals surface area (Å²) in [6.07, 6.45) is 3.18. The summed E-state index contributed by atoms with van der Waals surface area (Å²) in [6, 6.07) is 12.8. The van der Waals surface area contributed by atoms with Gasteiger partial charge in [0.1, 0.15) is 17.2 Å². The van der Waals surface area contributed by atoms with Crippen LogP contribution in [0.2, 0.25) is 0 Å². The molecule has 0 radical (unpaired) electrons. The molecule has 1 heterocycles. The van der Waals surface area contributed by atoms with Crippen molar-refractivity contribution in [3.63, 3.8) is 0 Å². The van der Waals surface area contributed by atoms with Gasteiger partial charge in [-0.05, 0) is 60.9 Å². The van der Waals surface area contributed by atoms with E-state index in [2.05, 4.69) is 0 Å². The molecule has 4 rings (SSSR count). The maximum atomic E-state index is 12.5. The van der Waals surface area contributed by atoms with Crippen molar-refractivity contribution >= 4 is 9.84 Å². The molecule has 5 heteroatoms. The zero-order valence-corrected chi connectivity index (χ0v) is 14.4. The molecule has 1 fully saturated rings. The Kier molecular flexibility index (Phi) is 3.76. The van der Waals surface area contributed by atoms with Gasteiger partial charge in [0.25, 0.3) is 0 Å². The Balaban J connectivity index is 1.68. The summed E-state index contributed by atoms with van der Waals surface area (Å²) in [4.78, 5) is 0.450. The fraction of sp³-hybridized carbons (Fsp3) is 0.368. The summed E-state index contributed by atoms with van der Waals surface area (Å²) in [5.74, 6) is 3.15. The quantitative estimate of drug-likeness (QED) is 0.836. The largest absolute Gasteiger partial charge is 0.497 e. The van der Waals surface area contributed by atoms with Gasteiger partial charge in [-0.1, -0.05) is 12.1 Å². The van der Waals surface area contributed by atoms with E-state index >= 15 is 0 Å². The normalized spacial score (nSPS) is 21.8. The average Bonchev–Trinajstić information content (AvgIpc) is 3.40. The first-order chi connectivity index (χ1) is 11.6. The highest BCUT2D eigenvalue weighted by Crippen LogP contribution is 2.49. The summed E-state index contributed by atoms with van der Waals surface area (Å²) < 4.78 is 36.0. The number of rotatable bonds is 4. The van der Waals surface area contributed by atoms with Crippen LogP contribution in [0.3, 0.4) is 0 Å². The summed E-state index contributed by atoms with van der Waals surface area (Å²) in [5.41, 5.74) is 0.974. The lowest BCUT2D eigenvalue weighted by atomic mass is 9.91. The number of hydrogen-bond donors (Lipinski definition) is 0. The molecule has 0 N–H and O–H groups in total. The number of sulfone groups is 1. The minimum Gasteiger partial charge on any atom is -0.497 e. The van der Waals surface area contributed by atoms with Gasteiger partial charge in [0.15, 0.2) is 9.84 Å². The molecular formula is C19H20O4S. The van der Waals surface area contributed by atoms with Crippen LogP contribution in [0.4, 0.5) is 0 Å². The second kappa shape index (κ2) is 5.81. The molecule has 0 amide bonds. The van der Waals surface area contributed by atoms with Crippen molar-refractivity contribution in [2.45, 2.75) is 30.1 Å². The molecule has 0 spiro atoms. The van der Waals surface area contributed by atoms with Crippen LogP contribution in [0.25, 0.3) is 0 Å². The molecule has 2 aromatic rings. The van der Waals surface area contributed by atoms with Gasteiger partial charge in [-0.3, -0.25) is 0 Å². The van der Waals surface area contributed by atoms with Gasteiger partial charge in [0.05, 0.1) is 17.8 Å². The number of ether oxygens (including phenoxy) is 2. The minimum atomic E-state index is -3.21. The zero-order valence-electron chi connectivity index (χ0n) is 13.6. The number of fused-ring (bicyclic) bond motifs is 1. The van der Waals surface area contributed by atoms with Gasteiger partial charge in [0.2, 0.25) is 0 Å². The van der Waals surface area contributed by atoms with Gasteiger partial charge in [0, 0.05) is 6.07 Å². The third kappa shape index (κ3) is 2.88. The molecular weight excluding hydrogens is 324 g/mol. The minimum absolute atomic E-state index is 0.240. The van der Waals surface area contributed by atoms with Crippen molar-refractivity contribution in [2.24, 2.45) is 5.92 Å². The second-order valence-electron chi connectivity index (χ2n) is 6.53. The summed E-state index contributed by atoms with van der Waals surface area (Å²) in [6.45, 7) is 0. The smallest absolute Gasteiger partial charge is 0.178 e. The van der Waals surface area contributed by atoms with Gasteiger partial charge in [-0.25, -0.2) is 8.42 Å². The summed E-state index contributed by atoms with van der Waals surface area (Å²) in [7, 11) is -1.61. The van der Waals surface area contributed by atoms with Gasteiger partial charge >= 0.3 is 0 Å². The zero-order chi connectivity index (χ0) is 16.7. The Morgan fingerprint density at radius 1 is 0.958 bits per heavy atom. The monoisotopic (exact) mass is 344 g/mol. The van der Waals surface area contributed by atoms with Crippen LogP contribution in [0.15, 0.2) is 47.4 Å². The molecule has 2 aromatic carbocycles. The Bertz CT molecular complexity index is 869. The van der Waals surface area contributed by atoms with E-state index in [1.54, 1.807) is 19.2 Å². The van der Waals surface area contributed by atoms with E-state index in [0.29, 0.717) is 34.0 Å². The van der Waals surface area contributed by atoms with Crippen LogP contribution in [0.1, 0.15) is 30.7 Å². The van der Waals surface area contributed by atoms with E-state index in [4.69, 9.17) is 9.47 Å². The molecule has 1 aliphatic heterocycles. The van der Waals surface area contributed by atoms with Gasteiger partial charge in [-0.15, -0.1) is 0 Å². The number of hydrogen-bond acceptors (Lipinski definition) is 4. The maximum absolute atomic E-state index is 12.5. The first-order valence-corrected chi connectivity index (χ1v) is 9.91. The molecule has 1 saturated carbocycles. The summed E-state index contributed by atoms with van der Waals surface area (Å²) >= 11 is 0. The van der Waals surface area contributed by atoms with Crippen LogP contribution < -0.4 is 9.47 Å². The Morgan fingerprint density at radius 3 is 2.46 bits per heavy atom. The molecule has 2 aliphatic rings. The van der Waals surface area contributed by atoms with Crippen molar-refractivity contribution in [1.29, 1.82) is 0 Å². The molecule has 0 saturated heterocycles. The van der Waals surface area contributed by atoms with E-state index < -0.39 is 9.84 Å². The predicted octanol–water partition coefficient (Wildman–Crippen LogP) is 4.16. The lowest BCUT2D eigenvalue weighted by molar-refractivity contribution is 0.409. The van der Waals surface area contributed by atoms with Crippen molar-refractivity contribution in [3.8, 4) is 17.2 Å². The van der Waals surface area contributed by atoms with Crippen molar-refractivity contribution in [2.75, 3.05) is 12.9 Å². The van der Waals surface area contributed by atoms with Crippen LogP contribution in [0, 0.1) is 5.92 Å². The van der Waals surface area contributed by atoms with Crippen LogP contribution >= 0.6 is 0 Å². The van der Waals surface area contributed by atoms with E-state index in [1.165, 1.54) is 12.8 Å². The average molecular weight is 344 g/mol. The van der Waals surface area contributed by atoms with Gasteiger partial charge in [-0.2, -0.15) is 0 Å². The molecule has 24 heavy (non-hydrogen) atoms. The van der Waals surface area contributed by atoms with Gasteiger partial charge < -0.3 is 9.47 Å². The molecule has 1 unspecified atom stereocenters. The third-order valence-electron chi connectivity index (χ3n) is 4.89. The number of methoxy groups -OCH3 is 1. The third-order valence-corrected chi connectivity index (χ3v) is 6.68. The lowest BCUT2D eigenvalue weighted by Gasteiger charge is -2.25. The van der Waals surface area contributed by atoms with Crippen molar-refractivity contribution in [3.05, 3.63) is 48.0 Å². The Labute approximate surface area is 142 Å². The van der Waals surface area contributed by atoms with E-state index in [1.807, 2.05) is 30.3 Å². The van der Waals surface area contributed by atoms with E-state index in [9.17, 15) is 8.42 Å². The molecule has 126 valence electrons. The maximum Gasteiger partial charge on any atom is 0.178 e. The SMILES string of the molecule is COc1cccc(Oc2ccc3c(c2)S(=O)(=O)CCC3C2CC2)c1. The number of benzene rings is 2. The molecule has 1 aliphatic carbocycles. The standard InChI is InChI=1S/C19H20O4S/c1-22-14-3-2-4-15(11-14)23-16-7-8-18-17(13-5-6-13)9-10-24(20,21)19(18)12-16/h2-4,7-8,11-13,17H,5-6,9-10H2,1H3. The lowest BCUT2D eigenvalue weighted by Crippen LogP contribution is -2.21. The predicted molar refractivity (Wildman–Crippen MR) is 91.6 cm³/mol. The Morgan fingerprint density at radius 2 is 1.71 bits per heavy atom. The highest BCUT2D eigenvalue weighted by molar-refractivity contribution is 7.91. The molecule has 0 aromatic heterocycles. The topological polar surface area (TPSA) is 52.6 Å². The van der Waals surface area contributed by atoms with Crippen molar-refractivity contribution < 1.29 is 17.9 Å². The second-order valence-corrected chi connectivity index (χ2v) is 8.61. The fourth-order valence-corrected chi connectivity index (χ4v) is 5.15. The first-order valence-electron chi connectivity index (χ1n) is 8.25.